The number of phenolic OH excluding ortho intramolecular Hbond substituents is 1. The van der Waals surface area contributed by atoms with Crippen LogP contribution in [-0.4, -0.2) is 18.2 Å². The smallest absolute Gasteiger partial charge is 0.308 e. The first-order valence-corrected chi connectivity index (χ1v) is 6.57. The van der Waals surface area contributed by atoms with E-state index in [-0.39, 0.29) is 17.3 Å². The Labute approximate surface area is 115 Å². The Morgan fingerprint density at radius 1 is 1.37 bits per heavy atom. The van der Waals surface area contributed by atoms with Crippen molar-refractivity contribution in [3.05, 3.63) is 28.8 Å². The zero-order chi connectivity index (χ0) is 14.8. The molecule has 3 nitrogen and oxygen atoms in total. The number of carbonyl (C=O) groups is 1. The van der Waals surface area contributed by atoms with E-state index in [0.717, 1.165) is 16.7 Å². The molecule has 1 aromatic carbocycles. The van der Waals surface area contributed by atoms with Crippen LogP contribution in [0.15, 0.2) is 12.1 Å². The maximum atomic E-state index is 11.5. The fourth-order valence-electron chi connectivity index (χ4n) is 2.18. The number of esters is 1. The minimum Gasteiger partial charge on any atom is -0.507 e. The largest absolute Gasteiger partial charge is 0.507 e. The highest BCUT2D eigenvalue weighted by Gasteiger charge is 2.21. The van der Waals surface area contributed by atoms with E-state index in [1.54, 1.807) is 0 Å². The Morgan fingerprint density at radius 3 is 2.42 bits per heavy atom. The van der Waals surface area contributed by atoms with Crippen LogP contribution < -0.4 is 0 Å². The fraction of sp³-hybridized carbons (Fsp3) is 0.562. The molecule has 106 valence electrons. The predicted molar refractivity (Wildman–Crippen MR) is 76.4 cm³/mol. The number of ether oxygens (including phenoxy) is 1. The highest BCUT2D eigenvalue weighted by molar-refractivity contribution is 5.72. The molecule has 1 aromatic rings. The molecular weight excluding hydrogens is 240 g/mol. The molecule has 0 bridgehead atoms. The van der Waals surface area contributed by atoms with Crippen molar-refractivity contribution in [1.82, 2.24) is 0 Å². The van der Waals surface area contributed by atoms with Crippen molar-refractivity contribution < 1.29 is 14.6 Å². The number of hydrogen-bond acceptors (Lipinski definition) is 3. The van der Waals surface area contributed by atoms with Gasteiger partial charge in [-0.2, -0.15) is 0 Å². The molecule has 0 aliphatic heterocycles. The van der Waals surface area contributed by atoms with E-state index in [9.17, 15) is 9.90 Å². The molecule has 19 heavy (non-hydrogen) atoms. The highest BCUT2D eigenvalue weighted by Crippen LogP contribution is 2.34. The third-order valence-corrected chi connectivity index (χ3v) is 3.31. The normalized spacial score (nSPS) is 13.2. The second-order valence-corrected chi connectivity index (χ2v) is 6.19. The summed E-state index contributed by atoms with van der Waals surface area (Å²) in [7, 11) is 1.40. The molecule has 1 atom stereocenters. The van der Waals surface area contributed by atoms with Gasteiger partial charge in [0.05, 0.1) is 13.0 Å². The Kier molecular flexibility index (Phi) is 4.61. The van der Waals surface area contributed by atoms with Crippen molar-refractivity contribution in [2.45, 2.75) is 46.5 Å². The molecule has 0 spiro atoms. The van der Waals surface area contributed by atoms with Gasteiger partial charge in [-0.25, -0.2) is 0 Å². The number of rotatable bonds is 3. The van der Waals surface area contributed by atoms with Gasteiger partial charge in [-0.1, -0.05) is 39.8 Å². The topological polar surface area (TPSA) is 46.5 Å². The van der Waals surface area contributed by atoms with Crippen molar-refractivity contribution in [1.29, 1.82) is 0 Å². The summed E-state index contributed by atoms with van der Waals surface area (Å²) in [6.45, 7) is 9.93. The summed E-state index contributed by atoms with van der Waals surface area (Å²) in [6, 6.07) is 3.92. The molecule has 0 fully saturated rings. The molecule has 0 saturated carbocycles. The second kappa shape index (κ2) is 5.64. The Hall–Kier alpha value is -1.51. The van der Waals surface area contributed by atoms with Gasteiger partial charge in [0.25, 0.3) is 0 Å². The average molecular weight is 264 g/mol. The van der Waals surface area contributed by atoms with Crippen molar-refractivity contribution in [2.24, 2.45) is 5.92 Å². The summed E-state index contributed by atoms with van der Waals surface area (Å²) >= 11 is 0. The van der Waals surface area contributed by atoms with Crippen LogP contribution in [0.1, 0.15) is 44.4 Å². The summed E-state index contributed by atoms with van der Waals surface area (Å²) < 4.78 is 4.75. The van der Waals surface area contributed by atoms with Gasteiger partial charge < -0.3 is 9.84 Å². The Bertz CT molecular complexity index is 470. The van der Waals surface area contributed by atoms with Crippen molar-refractivity contribution >= 4 is 5.97 Å². The lowest BCUT2D eigenvalue weighted by Gasteiger charge is -2.23. The first kappa shape index (κ1) is 15.5. The van der Waals surface area contributed by atoms with Gasteiger partial charge in [0.2, 0.25) is 0 Å². The maximum Gasteiger partial charge on any atom is 0.308 e. The number of hydrogen-bond donors (Lipinski definition) is 1. The minimum atomic E-state index is -0.206. The SMILES string of the molecule is COC(=O)C(C)Cc1cc(C)c(O)c(C(C)(C)C)c1. The maximum absolute atomic E-state index is 11.5. The zero-order valence-corrected chi connectivity index (χ0v) is 12.7. The molecule has 0 aliphatic carbocycles. The molecular formula is C16H24O3. The van der Waals surface area contributed by atoms with Gasteiger partial charge in [0, 0.05) is 0 Å². The quantitative estimate of drug-likeness (QED) is 0.852. The summed E-state index contributed by atoms with van der Waals surface area (Å²) in [5, 5.41) is 10.2. The van der Waals surface area contributed by atoms with E-state index in [1.165, 1.54) is 7.11 Å². The molecule has 3 heteroatoms. The molecule has 0 aliphatic rings. The highest BCUT2D eigenvalue weighted by atomic mass is 16.5. The molecule has 0 saturated heterocycles. The summed E-state index contributed by atoms with van der Waals surface area (Å²) in [5.74, 6) is -0.0354. The number of aryl methyl sites for hydroxylation is 1. The first-order chi connectivity index (χ1) is 8.66. The van der Waals surface area contributed by atoms with Crippen LogP contribution in [0.4, 0.5) is 0 Å². The minimum absolute atomic E-state index is 0.126. The standard InChI is InChI=1S/C16H24O3/c1-10-7-12(8-11(2)15(18)19-6)9-13(14(10)17)16(3,4)5/h7,9,11,17H,8H2,1-6H3. The molecule has 0 radical (unpaired) electrons. The van der Waals surface area contributed by atoms with Gasteiger partial charge in [-0.3, -0.25) is 4.79 Å². The van der Waals surface area contributed by atoms with E-state index in [2.05, 4.69) is 20.8 Å². The van der Waals surface area contributed by atoms with Gasteiger partial charge >= 0.3 is 5.97 Å². The van der Waals surface area contributed by atoms with Gasteiger partial charge in [0.15, 0.2) is 0 Å². The zero-order valence-electron chi connectivity index (χ0n) is 12.7. The van der Waals surface area contributed by atoms with E-state index >= 15 is 0 Å². The summed E-state index contributed by atoms with van der Waals surface area (Å²) in [4.78, 5) is 11.5. The average Bonchev–Trinajstić information content (AvgIpc) is 2.30. The number of aromatic hydroxyl groups is 1. The van der Waals surface area contributed by atoms with E-state index in [1.807, 2.05) is 26.0 Å². The summed E-state index contributed by atoms with van der Waals surface area (Å²) in [6.07, 6.45) is 0.622. The number of benzene rings is 1. The third-order valence-electron chi connectivity index (χ3n) is 3.31. The molecule has 0 aromatic heterocycles. The third kappa shape index (κ3) is 3.72. The van der Waals surface area contributed by atoms with Crippen molar-refractivity contribution in [2.75, 3.05) is 7.11 Å². The molecule has 0 amide bonds. The van der Waals surface area contributed by atoms with Gasteiger partial charge in [-0.15, -0.1) is 0 Å². The monoisotopic (exact) mass is 264 g/mol. The summed E-state index contributed by atoms with van der Waals surface area (Å²) in [5.41, 5.74) is 2.69. The van der Waals surface area contributed by atoms with E-state index in [4.69, 9.17) is 4.74 Å². The van der Waals surface area contributed by atoms with Crippen LogP contribution in [0.2, 0.25) is 0 Å². The number of phenols is 1. The lowest BCUT2D eigenvalue weighted by Crippen LogP contribution is -2.17. The Balaban J connectivity index is 3.11. The second-order valence-electron chi connectivity index (χ2n) is 6.19. The van der Waals surface area contributed by atoms with Crippen LogP contribution in [0.25, 0.3) is 0 Å². The molecule has 1 N–H and O–H groups in total. The first-order valence-electron chi connectivity index (χ1n) is 6.57. The molecule has 1 rings (SSSR count). The van der Waals surface area contributed by atoms with Crippen LogP contribution in [-0.2, 0) is 21.4 Å². The fourth-order valence-corrected chi connectivity index (χ4v) is 2.18. The van der Waals surface area contributed by atoms with Gasteiger partial charge in [0.1, 0.15) is 5.75 Å². The molecule has 1 unspecified atom stereocenters. The lowest BCUT2D eigenvalue weighted by atomic mass is 9.83. The van der Waals surface area contributed by atoms with E-state index < -0.39 is 0 Å². The van der Waals surface area contributed by atoms with Crippen molar-refractivity contribution in [3.63, 3.8) is 0 Å². The van der Waals surface area contributed by atoms with Crippen LogP contribution in [0.5, 0.6) is 5.75 Å². The van der Waals surface area contributed by atoms with Crippen molar-refractivity contribution in [3.8, 4) is 5.75 Å². The van der Waals surface area contributed by atoms with Crippen LogP contribution in [0, 0.1) is 12.8 Å². The number of methoxy groups -OCH3 is 1. The molecule has 0 heterocycles. The van der Waals surface area contributed by atoms with Crippen LogP contribution >= 0.6 is 0 Å². The van der Waals surface area contributed by atoms with Crippen LogP contribution in [0.3, 0.4) is 0 Å². The van der Waals surface area contributed by atoms with Gasteiger partial charge in [-0.05, 0) is 35.4 Å². The van der Waals surface area contributed by atoms with E-state index in [0.29, 0.717) is 12.2 Å². The number of carbonyl (C=O) groups excluding carboxylic acids is 1. The predicted octanol–water partition coefficient (Wildman–Crippen LogP) is 3.35. The lowest BCUT2D eigenvalue weighted by molar-refractivity contribution is -0.144. The Morgan fingerprint density at radius 2 is 1.95 bits per heavy atom.